The molecule has 0 aromatic carbocycles. The minimum Gasteiger partial charge on any atom is -0.257 e. The summed E-state index contributed by atoms with van der Waals surface area (Å²) in [7, 11) is 0. The summed E-state index contributed by atoms with van der Waals surface area (Å²) in [5, 5.41) is 0. The summed E-state index contributed by atoms with van der Waals surface area (Å²) in [5.74, 6) is 0. The lowest BCUT2D eigenvalue weighted by Crippen LogP contribution is -1.92. The van der Waals surface area contributed by atoms with Crippen LogP contribution in [0.1, 0.15) is 24.0 Å². The molecule has 1 heterocycles. The van der Waals surface area contributed by atoms with Gasteiger partial charge in [0.05, 0.1) is 17.1 Å². The first-order valence-electron chi connectivity index (χ1n) is 3.67. The van der Waals surface area contributed by atoms with Gasteiger partial charge in [-0.2, -0.15) is 0 Å². The van der Waals surface area contributed by atoms with Crippen molar-refractivity contribution in [2.75, 3.05) is 0 Å². The van der Waals surface area contributed by atoms with Crippen LogP contribution in [0.25, 0.3) is 6.08 Å². The first-order valence-corrected chi connectivity index (χ1v) is 3.67. The van der Waals surface area contributed by atoms with Crippen LogP contribution in [0.4, 0.5) is 0 Å². The molecule has 0 amide bonds. The molecule has 0 bridgehead atoms. The van der Waals surface area contributed by atoms with Crippen LogP contribution in [0, 0.1) is 13.8 Å². The maximum atomic E-state index is 4.31. The van der Waals surface area contributed by atoms with E-state index in [2.05, 4.69) is 9.97 Å². The van der Waals surface area contributed by atoms with Crippen molar-refractivity contribution in [3.8, 4) is 0 Å². The normalized spacial score (nSPS) is 10.8. The lowest BCUT2D eigenvalue weighted by atomic mass is 10.3. The van der Waals surface area contributed by atoms with Gasteiger partial charge in [0.15, 0.2) is 0 Å². The van der Waals surface area contributed by atoms with Crippen molar-refractivity contribution in [3.05, 3.63) is 29.4 Å². The summed E-state index contributed by atoms with van der Waals surface area (Å²) >= 11 is 0. The molecule has 2 heteroatoms. The summed E-state index contributed by atoms with van der Waals surface area (Å²) in [6.45, 7) is 5.88. The lowest BCUT2D eigenvalue weighted by Gasteiger charge is -1.98. The largest absolute Gasteiger partial charge is 0.257 e. The minimum absolute atomic E-state index is 0.962. The molecule has 0 aliphatic carbocycles. The van der Waals surface area contributed by atoms with Gasteiger partial charge in [0.1, 0.15) is 0 Å². The molecule has 1 aromatic rings. The SMILES string of the molecule is C/C=C\c1nc(C)cnc1C. The van der Waals surface area contributed by atoms with Crippen molar-refractivity contribution in [1.82, 2.24) is 9.97 Å². The van der Waals surface area contributed by atoms with Crippen LogP contribution in [0.3, 0.4) is 0 Å². The quantitative estimate of drug-likeness (QED) is 0.609. The van der Waals surface area contributed by atoms with E-state index in [1.165, 1.54) is 0 Å². The van der Waals surface area contributed by atoms with Crippen molar-refractivity contribution in [3.63, 3.8) is 0 Å². The topological polar surface area (TPSA) is 25.8 Å². The highest BCUT2D eigenvalue weighted by Gasteiger charge is 1.95. The maximum absolute atomic E-state index is 4.31. The molecule has 2 nitrogen and oxygen atoms in total. The Labute approximate surface area is 67.0 Å². The van der Waals surface area contributed by atoms with Crippen molar-refractivity contribution in [1.29, 1.82) is 0 Å². The first-order chi connectivity index (χ1) is 5.24. The van der Waals surface area contributed by atoms with E-state index in [-0.39, 0.29) is 0 Å². The smallest absolute Gasteiger partial charge is 0.0842 e. The van der Waals surface area contributed by atoms with Crippen molar-refractivity contribution in [2.45, 2.75) is 20.8 Å². The third kappa shape index (κ3) is 1.87. The number of aryl methyl sites for hydroxylation is 2. The van der Waals surface area contributed by atoms with Gasteiger partial charge in [-0.05, 0) is 26.8 Å². The van der Waals surface area contributed by atoms with Crippen molar-refractivity contribution >= 4 is 6.08 Å². The molecule has 1 rings (SSSR count). The van der Waals surface area contributed by atoms with E-state index in [1.54, 1.807) is 6.20 Å². The Bertz CT molecular complexity index is 277. The van der Waals surface area contributed by atoms with Gasteiger partial charge in [0, 0.05) is 6.20 Å². The second-order valence-corrected chi connectivity index (χ2v) is 2.48. The molecule has 0 atom stereocenters. The highest BCUT2D eigenvalue weighted by atomic mass is 14.8. The van der Waals surface area contributed by atoms with Crippen molar-refractivity contribution in [2.24, 2.45) is 0 Å². The predicted octanol–water partition coefficient (Wildman–Crippen LogP) is 2.13. The van der Waals surface area contributed by atoms with Gasteiger partial charge in [-0.25, -0.2) is 0 Å². The average molecular weight is 148 g/mol. The van der Waals surface area contributed by atoms with Gasteiger partial charge in [-0.1, -0.05) is 6.08 Å². The van der Waals surface area contributed by atoms with Crippen LogP contribution in [-0.2, 0) is 0 Å². The Morgan fingerprint density at radius 3 is 2.73 bits per heavy atom. The van der Waals surface area contributed by atoms with Crippen molar-refractivity contribution < 1.29 is 0 Å². The van der Waals surface area contributed by atoms with Gasteiger partial charge in [-0.15, -0.1) is 0 Å². The molecule has 0 radical (unpaired) electrons. The summed E-state index contributed by atoms with van der Waals surface area (Å²) in [6, 6.07) is 0. The summed E-state index contributed by atoms with van der Waals surface area (Å²) in [5.41, 5.74) is 2.91. The molecule has 0 fully saturated rings. The van der Waals surface area contributed by atoms with E-state index < -0.39 is 0 Å². The van der Waals surface area contributed by atoms with Crippen LogP contribution in [0.2, 0.25) is 0 Å². The van der Waals surface area contributed by atoms with E-state index in [0.29, 0.717) is 0 Å². The molecule has 0 saturated carbocycles. The molecule has 0 aliphatic rings. The molecule has 58 valence electrons. The Balaban J connectivity index is 3.12. The van der Waals surface area contributed by atoms with Crippen LogP contribution in [-0.4, -0.2) is 9.97 Å². The molecule has 0 spiro atoms. The number of nitrogens with zero attached hydrogens (tertiary/aromatic N) is 2. The predicted molar refractivity (Wildman–Crippen MR) is 46.2 cm³/mol. The number of aromatic nitrogens is 2. The third-order valence-corrected chi connectivity index (χ3v) is 1.44. The van der Waals surface area contributed by atoms with Gasteiger partial charge < -0.3 is 0 Å². The van der Waals surface area contributed by atoms with Crippen LogP contribution >= 0.6 is 0 Å². The molecule has 0 unspecified atom stereocenters. The highest BCUT2D eigenvalue weighted by Crippen LogP contribution is 2.03. The molecule has 1 aromatic heterocycles. The Morgan fingerprint density at radius 1 is 1.36 bits per heavy atom. The fourth-order valence-electron chi connectivity index (χ4n) is 0.872. The summed E-state index contributed by atoms with van der Waals surface area (Å²) in [4.78, 5) is 8.50. The van der Waals surface area contributed by atoms with Crippen LogP contribution < -0.4 is 0 Å². The van der Waals surface area contributed by atoms with E-state index in [9.17, 15) is 0 Å². The third-order valence-electron chi connectivity index (χ3n) is 1.44. The van der Waals surface area contributed by atoms with Gasteiger partial charge in [0.2, 0.25) is 0 Å². The van der Waals surface area contributed by atoms with E-state index in [0.717, 1.165) is 17.1 Å². The van der Waals surface area contributed by atoms with E-state index in [1.807, 2.05) is 32.9 Å². The van der Waals surface area contributed by atoms with Gasteiger partial charge >= 0.3 is 0 Å². The molecular weight excluding hydrogens is 136 g/mol. The first kappa shape index (κ1) is 7.92. The number of rotatable bonds is 1. The van der Waals surface area contributed by atoms with Gasteiger partial charge in [0.25, 0.3) is 0 Å². The van der Waals surface area contributed by atoms with Crippen LogP contribution in [0.5, 0.6) is 0 Å². The van der Waals surface area contributed by atoms with E-state index >= 15 is 0 Å². The molecular formula is C9H12N2. The van der Waals surface area contributed by atoms with Crippen LogP contribution in [0.15, 0.2) is 12.3 Å². The zero-order valence-electron chi connectivity index (χ0n) is 7.13. The van der Waals surface area contributed by atoms with Gasteiger partial charge in [-0.3, -0.25) is 9.97 Å². The number of hydrogen-bond acceptors (Lipinski definition) is 2. The Kier molecular flexibility index (Phi) is 2.36. The fourth-order valence-corrected chi connectivity index (χ4v) is 0.872. The second-order valence-electron chi connectivity index (χ2n) is 2.48. The molecule has 0 saturated heterocycles. The Hall–Kier alpha value is -1.18. The fraction of sp³-hybridized carbons (Fsp3) is 0.333. The number of allylic oxidation sites excluding steroid dienone is 1. The highest BCUT2D eigenvalue weighted by molar-refractivity contribution is 5.46. The Morgan fingerprint density at radius 2 is 2.09 bits per heavy atom. The maximum Gasteiger partial charge on any atom is 0.0842 e. The molecule has 0 N–H and O–H groups in total. The standard InChI is InChI=1S/C9H12N2/c1-4-5-9-8(3)10-6-7(2)11-9/h4-6H,1-3H3/b5-4-. The second kappa shape index (κ2) is 3.28. The summed E-state index contributed by atoms with van der Waals surface area (Å²) in [6.07, 6.45) is 5.72. The minimum atomic E-state index is 0.962. The zero-order valence-corrected chi connectivity index (χ0v) is 7.13. The average Bonchev–Trinajstić information content (AvgIpc) is 1.98. The number of hydrogen-bond donors (Lipinski definition) is 0. The molecule has 0 aliphatic heterocycles. The summed E-state index contributed by atoms with van der Waals surface area (Å²) < 4.78 is 0. The lowest BCUT2D eigenvalue weighted by molar-refractivity contribution is 1.05. The molecule has 11 heavy (non-hydrogen) atoms. The zero-order chi connectivity index (χ0) is 8.27. The van der Waals surface area contributed by atoms with E-state index in [4.69, 9.17) is 0 Å². The monoisotopic (exact) mass is 148 g/mol.